The Labute approximate surface area is 143 Å². The van der Waals surface area contributed by atoms with E-state index in [1.165, 1.54) is 38.4 Å². The lowest BCUT2D eigenvalue weighted by molar-refractivity contribution is -0.923. The van der Waals surface area contributed by atoms with Crippen molar-refractivity contribution in [3.63, 3.8) is 0 Å². The summed E-state index contributed by atoms with van der Waals surface area (Å²) in [6, 6.07) is 5.86. The Morgan fingerprint density at radius 3 is 2.67 bits per heavy atom. The number of nitriles is 1. The van der Waals surface area contributed by atoms with Crippen LogP contribution in [0, 0.1) is 11.3 Å². The largest absolute Gasteiger partial charge is 0.493 e. The first-order chi connectivity index (χ1) is 11.6. The number of benzene rings is 1. The van der Waals surface area contributed by atoms with E-state index >= 15 is 0 Å². The van der Waals surface area contributed by atoms with Crippen molar-refractivity contribution >= 4 is 11.6 Å². The normalized spacial score (nSPS) is 20.1. The number of hydrogen-bond donors (Lipinski definition) is 2. The maximum Gasteiger partial charge on any atom is 0.279 e. The number of carbonyl (C=O) groups is 1. The fraction of sp³-hybridized carbons (Fsp3) is 0.556. The minimum Gasteiger partial charge on any atom is -0.493 e. The highest BCUT2D eigenvalue weighted by atomic mass is 16.5. The average molecular weight is 332 g/mol. The van der Waals surface area contributed by atoms with Gasteiger partial charge in [-0.3, -0.25) is 4.79 Å². The molecule has 6 nitrogen and oxygen atoms in total. The lowest BCUT2D eigenvalue weighted by atomic mass is 10.00. The van der Waals surface area contributed by atoms with Gasteiger partial charge in [-0.15, -0.1) is 0 Å². The minimum atomic E-state index is -0.0749. The fourth-order valence-corrected chi connectivity index (χ4v) is 3.35. The van der Waals surface area contributed by atoms with E-state index in [9.17, 15) is 10.1 Å². The van der Waals surface area contributed by atoms with Crippen molar-refractivity contribution in [3.05, 3.63) is 17.7 Å². The van der Waals surface area contributed by atoms with Crippen molar-refractivity contribution in [3.8, 4) is 17.6 Å². The molecule has 1 aliphatic rings. The van der Waals surface area contributed by atoms with E-state index in [2.05, 4.69) is 18.3 Å². The first-order valence-corrected chi connectivity index (χ1v) is 8.43. The monoisotopic (exact) mass is 332 g/mol. The van der Waals surface area contributed by atoms with Gasteiger partial charge < -0.3 is 19.7 Å². The molecule has 24 heavy (non-hydrogen) atoms. The van der Waals surface area contributed by atoms with Crippen LogP contribution in [0.2, 0.25) is 0 Å². The first kappa shape index (κ1) is 18.1. The van der Waals surface area contributed by atoms with Gasteiger partial charge in [0.1, 0.15) is 6.07 Å². The topological polar surface area (TPSA) is 75.8 Å². The Hall–Kier alpha value is -2.26. The SMILES string of the molecule is CC[C@@H]1CCCC[NH+]1CC(=O)Nc1cc(OC)c(OC)cc1C#N. The molecule has 1 unspecified atom stereocenters. The molecule has 0 aromatic heterocycles. The van der Waals surface area contributed by atoms with Gasteiger partial charge in [-0.2, -0.15) is 5.26 Å². The van der Waals surface area contributed by atoms with E-state index in [0.717, 1.165) is 13.0 Å². The molecule has 130 valence electrons. The molecular weight excluding hydrogens is 306 g/mol. The lowest BCUT2D eigenvalue weighted by Gasteiger charge is -2.31. The van der Waals surface area contributed by atoms with E-state index in [4.69, 9.17) is 9.47 Å². The second-order valence-electron chi connectivity index (χ2n) is 6.10. The highest BCUT2D eigenvalue weighted by Crippen LogP contribution is 2.32. The number of anilines is 1. The number of carbonyl (C=O) groups excluding carboxylic acids is 1. The summed E-state index contributed by atoms with van der Waals surface area (Å²) >= 11 is 0. The maximum absolute atomic E-state index is 12.5. The van der Waals surface area contributed by atoms with Gasteiger partial charge in [-0.1, -0.05) is 6.92 Å². The van der Waals surface area contributed by atoms with Crippen LogP contribution in [0.3, 0.4) is 0 Å². The van der Waals surface area contributed by atoms with Gasteiger partial charge >= 0.3 is 0 Å². The number of hydrogen-bond acceptors (Lipinski definition) is 4. The number of ether oxygens (including phenoxy) is 2. The van der Waals surface area contributed by atoms with Crippen LogP contribution in [-0.4, -0.2) is 39.3 Å². The third kappa shape index (κ3) is 4.18. The molecule has 0 spiro atoms. The quantitative estimate of drug-likeness (QED) is 0.825. The van der Waals surface area contributed by atoms with Crippen LogP contribution in [0.4, 0.5) is 5.69 Å². The van der Waals surface area contributed by atoms with Gasteiger partial charge in [0.05, 0.1) is 38.1 Å². The van der Waals surface area contributed by atoms with Crippen LogP contribution in [0.1, 0.15) is 38.2 Å². The number of nitrogens with one attached hydrogen (secondary N) is 2. The molecule has 2 rings (SSSR count). The predicted molar refractivity (Wildman–Crippen MR) is 91.5 cm³/mol. The molecule has 1 heterocycles. The Bertz CT molecular complexity index is 625. The Kier molecular flexibility index (Phi) is 6.44. The van der Waals surface area contributed by atoms with Gasteiger partial charge in [-0.25, -0.2) is 0 Å². The van der Waals surface area contributed by atoms with Crippen molar-refractivity contribution in [2.24, 2.45) is 0 Å². The zero-order chi connectivity index (χ0) is 17.5. The van der Waals surface area contributed by atoms with Crippen molar-refractivity contribution in [1.82, 2.24) is 0 Å². The Morgan fingerprint density at radius 1 is 1.33 bits per heavy atom. The number of methoxy groups -OCH3 is 2. The van der Waals surface area contributed by atoms with Gasteiger partial charge in [0.2, 0.25) is 0 Å². The molecule has 1 saturated heterocycles. The van der Waals surface area contributed by atoms with Crippen LogP contribution in [0.15, 0.2) is 12.1 Å². The van der Waals surface area contributed by atoms with Gasteiger partial charge in [-0.05, 0) is 25.7 Å². The molecule has 6 heteroatoms. The standard InChI is InChI=1S/C18H25N3O3/c1-4-14-7-5-6-8-21(14)12-18(22)20-15-10-17(24-3)16(23-2)9-13(15)11-19/h9-10,14H,4-8,12H2,1-3H3,(H,20,22)/p+1/t14-/m1/s1. The number of nitrogens with zero attached hydrogens (tertiary/aromatic N) is 1. The fourth-order valence-electron chi connectivity index (χ4n) is 3.35. The second kappa shape index (κ2) is 8.55. The minimum absolute atomic E-state index is 0.0749. The Morgan fingerprint density at radius 2 is 2.04 bits per heavy atom. The molecule has 0 bridgehead atoms. The molecule has 1 aliphatic heterocycles. The summed E-state index contributed by atoms with van der Waals surface area (Å²) in [5.41, 5.74) is 0.825. The molecule has 1 fully saturated rings. The molecule has 1 amide bonds. The number of piperidine rings is 1. The summed E-state index contributed by atoms with van der Waals surface area (Å²) in [7, 11) is 3.04. The zero-order valence-electron chi connectivity index (χ0n) is 14.6. The van der Waals surface area contributed by atoms with Gasteiger partial charge in [0.25, 0.3) is 5.91 Å². The number of rotatable bonds is 6. The van der Waals surface area contributed by atoms with Crippen LogP contribution in [0.5, 0.6) is 11.5 Å². The Balaban J connectivity index is 2.12. The maximum atomic E-state index is 12.5. The molecular formula is C18H26N3O3+. The molecule has 2 N–H and O–H groups in total. The van der Waals surface area contributed by atoms with Crippen LogP contribution < -0.4 is 19.7 Å². The van der Waals surface area contributed by atoms with Crippen molar-refractivity contribution < 1.29 is 19.2 Å². The second-order valence-corrected chi connectivity index (χ2v) is 6.10. The smallest absolute Gasteiger partial charge is 0.279 e. The first-order valence-electron chi connectivity index (χ1n) is 8.43. The third-order valence-electron chi connectivity index (χ3n) is 4.68. The van der Waals surface area contributed by atoms with Crippen LogP contribution in [0.25, 0.3) is 0 Å². The molecule has 1 aromatic rings. The molecule has 0 radical (unpaired) electrons. The summed E-state index contributed by atoms with van der Waals surface area (Å²) in [6.45, 7) is 3.64. The molecule has 2 atom stereocenters. The third-order valence-corrected chi connectivity index (χ3v) is 4.68. The van der Waals surface area contributed by atoms with E-state index in [-0.39, 0.29) is 5.91 Å². The summed E-state index contributed by atoms with van der Waals surface area (Å²) in [6.07, 6.45) is 4.68. The summed E-state index contributed by atoms with van der Waals surface area (Å²) < 4.78 is 10.4. The van der Waals surface area contributed by atoms with Crippen LogP contribution >= 0.6 is 0 Å². The lowest BCUT2D eigenvalue weighted by Crippen LogP contribution is -3.17. The van der Waals surface area contributed by atoms with E-state index in [1.807, 2.05) is 0 Å². The van der Waals surface area contributed by atoms with Crippen molar-refractivity contribution in [1.29, 1.82) is 5.26 Å². The zero-order valence-corrected chi connectivity index (χ0v) is 14.6. The number of amides is 1. The van der Waals surface area contributed by atoms with E-state index < -0.39 is 0 Å². The summed E-state index contributed by atoms with van der Waals surface area (Å²) in [4.78, 5) is 13.8. The average Bonchev–Trinajstić information content (AvgIpc) is 2.61. The summed E-state index contributed by atoms with van der Waals surface area (Å²) in [5.74, 6) is 0.886. The number of quaternary nitrogens is 1. The van der Waals surface area contributed by atoms with Crippen LogP contribution in [-0.2, 0) is 4.79 Å². The van der Waals surface area contributed by atoms with Gasteiger partial charge in [0, 0.05) is 12.1 Å². The van der Waals surface area contributed by atoms with E-state index in [0.29, 0.717) is 35.3 Å². The molecule has 0 aliphatic carbocycles. The van der Waals surface area contributed by atoms with Crippen molar-refractivity contribution in [2.75, 3.05) is 32.6 Å². The number of likely N-dealkylation sites (tertiary alicyclic amines) is 1. The highest BCUT2D eigenvalue weighted by molar-refractivity contribution is 5.93. The highest BCUT2D eigenvalue weighted by Gasteiger charge is 2.26. The van der Waals surface area contributed by atoms with E-state index in [1.54, 1.807) is 12.1 Å². The van der Waals surface area contributed by atoms with Gasteiger partial charge in [0.15, 0.2) is 18.0 Å². The predicted octanol–water partition coefficient (Wildman–Crippen LogP) is 1.36. The van der Waals surface area contributed by atoms with Crippen molar-refractivity contribution in [2.45, 2.75) is 38.6 Å². The molecule has 1 aromatic carbocycles. The molecule has 0 saturated carbocycles. The summed E-state index contributed by atoms with van der Waals surface area (Å²) in [5, 5.41) is 12.2.